The van der Waals surface area contributed by atoms with Crippen molar-refractivity contribution in [1.82, 2.24) is 0 Å². The number of hydrogen-bond acceptors (Lipinski definition) is 0. The Labute approximate surface area is 123 Å². The molecule has 0 heterocycles. The minimum atomic E-state index is 0.206. The summed E-state index contributed by atoms with van der Waals surface area (Å²) in [7, 11) is 0. The van der Waals surface area contributed by atoms with Gasteiger partial charge in [0.2, 0.25) is 0 Å². The van der Waals surface area contributed by atoms with Gasteiger partial charge in [0.15, 0.2) is 0 Å². The fourth-order valence-corrected chi connectivity index (χ4v) is 2.90. The summed E-state index contributed by atoms with van der Waals surface area (Å²) in [5.41, 5.74) is 5.74. The first-order valence-corrected chi connectivity index (χ1v) is 7.52. The first-order chi connectivity index (χ1) is 9.38. The van der Waals surface area contributed by atoms with Crippen molar-refractivity contribution in [2.75, 3.05) is 0 Å². The van der Waals surface area contributed by atoms with Crippen molar-refractivity contribution in [3.8, 4) is 0 Å². The summed E-state index contributed by atoms with van der Waals surface area (Å²) in [5.74, 6) is 0.576. The molecule has 0 fully saturated rings. The van der Waals surface area contributed by atoms with Crippen molar-refractivity contribution in [2.45, 2.75) is 52.4 Å². The molecule has 0 radical (unpaired) electrons. The van der Waals surface area contributed by atoms with Crippen LogP contribution in [0, 0.1) is 13.8 Å². The van der Waals surface area contributed by atoms with Gasteiger partial charge in [0, 0.05) is 0 Å². The van der Waals surface area contributed by atoms with E-state index in [0.29, 0.717) is 5.92 Å². The Kier molecular flexibility index (Phi) is 4.32. The second-order valence-electron chi connectivity index (χ2n) is 6.77. The zero-order chi connectivity index (χ0) is 14.8. The van der Waals surface area contributed by atoms with E-state index in [1.807, 2.05) is 0 Å². The maximum Gasteiger partial charge on any atom is -0.00978 e. The Morgan fingerprint density at radius 1 is 0.800 bits per heavy atom. The Morgan fingerprint density at radius 2 is 1.25 bits per heavy atom. The third-order valence-electron chi connectivity index (χ3n) is 4.30. The SMILES string of the molecule is Cc1ccc(C(C)CC(C)(C)c2ccc(C)cc2)cc1. The fourth-order valence-electron chi connectivity index (χ4n) is 2.90. The first kappa shape index (κ1) is 14.8. The molecule has 0 aliphatic carbocycles. The van der Waals surface area contributed by atoms with Crippen molar-refractivity contribution in [3.05, 3.63) is 70.8 Å². The smallest absolute Gasteiger partial charge is 0.00978 e. The molecule has 0 saturated heterocycles. The Hall–Kier alpha value is -1.56. The molecule has 1 atom stereocenters. The monoisotopic (exact) mass is 266 g/mol. The maximum atomic E-state index is 2.35. The Bertz CT molecular complexity index is 544. The predicted octanol–water partition coefficient (Wildman–Crippen LogP) is 5.77. The van der Waals surface area contributed by atoms with Crippen LogP contribution in [0.4, 0.5) is 0 Å². The lowest BCUT2D eigenvalue weighted by molar-refractivity contribution is 0.438. The van der Waals surface area contributed by atoms with Crippen LogP contribution in [0.5, 0.6) is 0 Å². The summed E-state index contributed by atoms with van der Waals surface area (Å²) in [4.78, 5) is 0. The van der Waals surface area contributed by atoms with E-state index in [1.165, 1.54) is 28.7 Å². The second kappa shape index (κ2) is 5.83. The van der Waals surface area contributed by atoms with E-state index >= 15 is 0 Å². The fraction of sp³-hybridized carbons (Fsp3) is 0.400. The minimum absolute atomic E-state index is 0.206. The van der Waals surface area contributed by atoms with Gasteiger partial charge in [0.1, 0.15) is 0 Å². The molecule has 0 aromatic heterocycles. The molecule has 0 N–H and O–H groups in total. The van der Waals surface area contributed by atoms with Crippen LogP contribution in [0.15, 0.2) is 48.5 Å². The summed E-state index contributed by atoms with van der Waals surface area (Å²) in [6, 6.07) is 17.9. The predicted molar refractivity (Wildman–Crippen MR) is 88.4 cm³/mol. The Morgan fingerprint density at radius 3 is 1.75 bits per heavy atom. The molecule has 0 amide bonds. The minimum Gasteiger partial charge on any atom is -0.0590 e. The average molecular weight is 266 g/mol. The normalized spacial score (nSPS) is 13.2. The number of benzene rings is 2. The number of aryl methyl sites for hydroxylation is 2. The van der Waals surface area contributed by atoms with Crippen LogP contribution >= 0.6 is 0 Å². The summed E-state index contributed by atoms with van der Waals surface area (Å²) in [6.07, 6.45) is 1.17. The third kappa shape index (κ3) is 3.50. The molecule has 0 spiro atoms. The third-order valence-corrected chi connectivity index (χ3v) is 4.30. The highest BCUT2D eigenvalue weighted by atomic mass is 14.3. The van der Waals surface area contributed by atoms with E-state index in [2.05, 4.69) is 83.1 Å². The van der Waals surface area contributed by atoms with Gasteiger partial charge in [0.25, 0.3) is 0 Å². The van der Waals surface area contributed by atoms with Crippen LogP contribution in [0.3, 0.4) is 0 Å². The van der Waals surface area contributed by atoms with Crippen LogP contribution in [-0.2, 0) is 5.41 Å². The zero-order valence-corrected chi connectivity index (χ0v) is 13.4. The highest BCUT2D eigenvalue weighted by Crippen LogP contribution is 2.34. The van der Waals surface area contributed by atoms with E-state index < -0.39 is 0 Å². The van der Waals surface area contributed by atoms with E-state index in [0.717, 1.165) is 0 Å². The van der Waals surface area contributed by atoms with Crippen LogP contribution in [-0.4, -0.2) is 0 Å². The van der Waals surface area contributed by atoms with E-state index in [1.54, 1.807) is 0 Å². The van der Waals surface area contributed by atoms with E-state index in [-0.39, 0.29) is 5.41 Å². The molecular weight excluding hydrogens is 240 g/mol. The van der Waals surface area contributed by atoms with Crippen molar-refractivity contribution < 1.29 is 0 Å². The standard InChI is InChI=1S/C20H26/c1-15-6-10-18(11-7-15)17(3)14-20(4,5)19-12-8-16(2)9-13-19/h6-13,17H,14H2,1-5H3. The molecule has 0 nitrogen and oxygen atoms in total. The highest BCUT2D eigenvalue weighted by molar-refractivity contribution is 5.29. The molecule has 0 saturated carbocycles. The van der Waals surface area contributed by atoms with Crippen LogP contribution in [0.25, 0.3) is 0 Å². The summed E-state index contributed by atoms with van der Waals surface area (Å²) in [5, 5.41) is 0. The Balaban J connectivity index is 2.14. The summed E-state index contributed by atoms with van der Waals surface area (Å²) >= 11 is 0. The van der Waals surface area contributed by atoms with Gasteiger partial charge in [-0.15, -0.1) is 0 Å². The lowest BCUT2D eigenvalue weighted by atomic mass is 9.75. The summed E-state index contributed by atoms with van der Waals surface area (Å²) in [6.45, 7) is 11.3. The van der Waals surface area contributed by atoms with Gasteiger partial charge in [-0.1, -0.05) is 80.4 Å². The van der Waals surface area contributed by atoms with Crippen molar-refractivity contribution in [3.63, 3.8) is 0 Å². The molecule has 0 heteroatoms. The highest BCUT2D eigenvalue weighted by Gasteiger charge is 2.23. The molecule has 20 heavy (non-hydrogen) atoms. The number of hydrogen-bond donors (Lipinski definition) is 0. The summed E-state index contributed by atoms with van der Waals surface area (Å²) < 4.78 is 0. The molecule has 1 unspecified atom stereocenters. The molecule has 2 aromatic rings. The van der Waals surface area contributed by atoms with Gasteiger partial charge in [-0.2, -0.15) is 0 Å². The van der Waals surface area contributed by atoms with Gasteiger partial charge >= 0.3 is 0 Å². The molecule has 106 valence electrons. The molecule has 2 rings (SSSR count). The second-order valence-corrected chi connectivity index (χ2v) is 6.77. The quantitative estimate of drug-likeness (QED) is 0.658. The lowest BCUT2D eigenvalue weighted by Crippen LogP contribution is -2.20. The van der Waals surface area contributed by atoms with Gasteiger partial charge in [0.05, 0.1) is 0 Å². The van der Waals surface area contributed by atoms with Gasteiger partial charge in [-0.05, 0) is 42.7 Å². The van der Waals surface area contributed by atoms with Gasteiger partial charge in [-0.25, -0.2) is 0 Å². The molecular formula is C20H26. The zero-order valence-electron chi connectivity index (χ0n) is 13.4. The van der Waals surface area contributed by atoms with Crippen LogP contribution in [0.1, 0.15) is 55.4 Å². The van der Waals surface area contributed by atoms with Crippen molar-refractivity contribution in [2.24, 2.45) is 0 Å². The van der Waals surface area contributed by atoms with E-state index in [9.17, 15) is 0 Å². The molecule has 2 aromatic carbocycles. The van der Waals surface area contributed by atoms with Crippen LogP contribution < -0.4 is 0 Å². The molecule has 0 aliphatic rings. The molecule has 0 bridgehead atoms. The van der Waals surface area contributed by atoms with Crippen molar-refractivity contribution in [1.29, 1.82) is 0 Å². The maximum absolute atomic E-state index is 2.35. The van der Waals surface area contributed by atoms with Gasteiger partial charge in [-0.3, -0.25) is 0 Å². The largest absolute Gasteiger partial charge is 0.0590 e. The number of rotatable bonds is 4. The molecule has 0 aliphatic heterocycles. The van der Waals surface area contributed by atoms with Crippen LogP contribution in [0.2, 0.25) is 0 Å². The van der Waals surface area contributed by atoms with E-state index in [4.69, 9.17) is 0 Å². The van der Waals surface area contributed by atoms with Gasteiger partial charge < -0.3 is 0 Å². The topological polar surface area (TPSA) is 0 Å². The lowest BCUT2D eigenvalue weighted by Gasteiger charge is -2.29. The van der Waals surface area contributed by atoms with Crippen molar-refractivity contribution >= 4 is 0 Å². The first-order valence-electron chi connectivity index (χ1n) is 7.52. The average Bonchev–Trinajstić information content (AvgIpc) is 2.39.